The number of aliphatic hydroxyl groups excluding tert-OH is 1. The van der Waals surface area contributed by atoms with Crippen molar-refractivity contribution in [2.45, 2.75) is 51.3 Å². The van der Waals surface area contributed by atoms with Gasteiger partial charge in [-0.1, -0.05) is 37.5 Å². The fourth-order valence-electron chi connectivity index (χ4n) is 4.83. The largest absolute Gasteiger partial charge is 0.493 e. The van der Waals surface area contributed by atoms with E-state index in [9.17, 15) is 5.11 Å². The van der Waals surface area contributed by atoms with Crippen LogP contribution < -0.4 is 14.2 Å². The first-order valence-corrected chi connectivity index (χ1v) is 11.1. The van der Waals surface area contributed by atoms with Crippen molar-refractivity contribution in [3.63, 3.8) is 0 Å². The van der Waals surface area contributed by atoms with Gasteiger partial charge in [0.05, 0.1) is 20.3 Å². The van der Waals surface area contributed by atoms with E-state index in [1.54, 1.807) is 14.2 Å². The van der Waals surface area contributed by atoms with Crippen LogP contribution in [0.15, 0.2) is 36.4 Å². The van der Waals surface area contributed by atoms with Crippen molar-refractivity contribution in [3.8, 4) is 17.2 Å². The number of hydrogen-bond donors (Lipinski definition) is 1. The average Bonchev–Trinajstić information content (AvgIpc) is 3.00. The first-order chi connectivity index (χ1) is 14.7. The lowest BCUT2D eigenvalue weighted by molar-refractivity contribution is 0.0847. The van der Waals surface area contributed by atoms with Gasteiger partial charge in [0.15, 0.2) is 11.5 Å². The van der Waals surface area contributed by atoms with Gasteiger partial charge in [-0.25, -0.2) is 0 Å². The molecule has 1 aliphatic carbocycles. The van der Waals surface area contributed by atoms with E-state index >= 15 is 0 Å². The minimum Gasteiger partial charge on any atom is -0.493 e. The van der Waals surface area contributed by atoms with Crippen molar-refractivity contribution < 1.29 is 19.3 Å². The topological polar surface area (TPSA) is 51.2 Å². The molecule has 0 spiro atoms. The molecule has 1 saturated carbocycles. The standard InChI is InChI=1S/C25H33NO4/c1-28-23-10-6-9-20(25(23)29-2)16-26-13-14-30-22-12-11-19(15-21(22)17-26)24(27)18-7-4-3-5-8-18/h6,9-12,15,18,24,27H,3-5,7-8,13-14,16-17H2,1-2H3. The van der Waals surface area contributed by atoms with Gasteiger partial charge in [0.2, 0.25) is 0 Å². The van der Waals surface area contributed by atoms with Crippen molar-refractivity contribution in [1.82, 2.24) is 4.90 Å². The Labute approximate surface area is 179 Å². The van der Waals surface area contributed by atoms with Gasteiger partial charge in [-0.05, 0) is 42.5 Å². The van der Waals surface area contributed by atoms with Gasteiger partial charge in [-0.3, -0.25) is 4.90 Å². The Hall–Kier alpha value is -2.24. The van der Waals surface area contributed by atoms with Gasteiger partial charge in [-0.15, -0.1) is 0 Å². The Bertz CT molecular complexity index is 847. The number of hydrogen-bond acceptors (Lipinski definition) is 5. The Morgan fingerprint density at radius 3 is 2.70 bits per heavy atom. The number of benzene rings is 2. The molecule has 1 fully saturated rings. The summed E-state index contributed by atoms with van der Waals surface area (Å²) in [6.45, 7) is 3.00. The van der Waals surface area contributed by atoms with Crippen molar-refractivity contribution in [1.29, 1.82) is 0 Å². The third-order valence-electron chi connectivity index (χ3n) is 6.46. The lowest BCUT2D eigenvalue weighted by atomic mass is 9.82. The monoisotopic (exact) mass is 411 g/mol. The Morgan fingerprint density at radius 2 is 1.93 bits per heavy atom. The molecule has 0 radical (unpaired) electrons. The molecule has 162 valence electrons. The normalized spacial score (nSPS) is 18.8. The van der Waals surface area contributed by atoms with Crippen molar-refractivity contribution in [3.05, 3.63) is 53.1 Å². The van der Waals surface area contributed by atoms with Crippen LogP contribution in [0.25, 0.3) is 0 Å². The Morgan fingerprint density at radius 1 is 1.10 bits per heavy atom. The number of fused-ring (bicyclic) bond motifs is 1. The molecular formula is C25H33NO4. The maximum absolute atomic E-state index is 11.0. The lowest BCUT2D eigenvalue weighted by Gasteiger charge is -2.27. The van der Waals surface area contributed by atoms with Gasteiger partial charge in [0, 0.05) is 30.8 Å². The molecule has 5 nitrogen and oxygen atoms in total. The number of nitrogens with zero attached hydrogens (tertiary/aromatic N) is 1. The van der Waals surface area contributed by atoms with Gasteiger partial charge < -0.3 is 19.3 Å². The number of rotatable bonds is 6. The fraction of sp³-hybridized carbons (Fsp3) is 0.520. The maximum atomic E-state index is 11.0. The molecule has 0 amide bonds. The molecule has 1 aliphatic heterocycles. The van der Waals surface area contributed by atoms with E-state index in [1.807, 2.05) is 24.3 Å². The molecule has 1 unspecified atom stereocenters. The maximum Gasteiger partial charge on any atom is 0.165 e. The highest BCUT2D eigenvalue weighted by atomic mass is 16.5. The van der Waals surface area contributed by atoms with Crippen LogP contribution in [0.1, 0.15) is 54.9 Å². The predicted molar refractivity (Wildman–Crippen MR) is 117 cm³/mol. The van der Waals surface area contributed by atoms with Crippen LogP contribution in [0.5, 0.6) is 17.2 Å². The molecule has 0 aromatic heterocycles. The van der Waals surface area contributed by atoms with Crippen LogP contribution in [-0.2, 0) is 13.1 Å². The third kappa shape index (κ3) is 4.57. The van der Waals surface area contributed by atoms with E-state index < -0.39 is 0 Å². The number of ether oxygens (including phenoxy) is 3. The zero-order chi connectivity index (χ0) is 20.9. The molecule has 2 aromatic rings. The zero-order valence-electron chi connectivity index (χ0n) is 18.1. The van der Waals surface area contributed by atoms with Crippen molar-refractivity contribution in [2.75, 3.05) is 27.4 Å². The second-order valence-electron chi connectivity index (χ2n) is 8.42. The molecule has 5 heteroatoms. The van der Waals surface area contributed by atoms with E-state index in [4.69, 9.17) is 14.2 Å². The Balaban J connectivity index is 1.53. The summed E-state index contributed by atoms with van der Waals surface area (Å²) in [5, 5.41) is 11.0. The summed E-state index contributed by atoms with van der Waals surface area (Å²) in [6, 6.07) is 12.2. The summed E-state index contributed by atoms with van der Waals surface area (Å²) in [5.74, 6) is 2.83. The van der Waals surface area contributed by atoms with Gasteiger partial charge in [0.25, 0.3) is 0 Å². The third-order valence-corrected chi connectivity index (χ3v) is 6.46. The molecule has 30 heavy (non-hydrogen) atoms. The summed E-state index contributed by atoms with van der Waals surface area (Å²) < 4.78 is 17.1. The van der Waals surface area contributed by atoms with Crippen molar-refractivity contribution >= 4 is 0 Å². The smallest absolute Gasteiger partial charge is 0.165 e. The highest BCUT2D eigenvalue weighted by Crippen LogP contribution is 2.37. The van der Waals surface area contributed by atoms with Crippen molar-refractivity contribution in [2.24, 2.45) is 5.92 Å². The highest BCUT2D eigenvalue weighted by Gasteiger charge is 2.25. The van der Waals surface area contributed by atoms with Gasteiger partial charge in [0.1, 0.15) is 12.4 Å². The van der Waals surface area contributed by atoms with Crippen LogP contribution in [0.3, 0.4) is 0 Å². The van der Waals surface area contributed by atoms with Crippen LogP contribution in [0, 0.1) is 5.92 Å². The van der Waals surface area contributed by atoms with E-state index in [2.05, 4.69) is 17.0 Å². The SMILES string of the molecule is COc1cccc(CN2CCOc3ccc(C(O)C4CCCCC4)cc3C2)c1OC. The second-order valence-corrected chi connectivity index (χ2v) is 8.42. The summed E-state index contributed by atoms with van der Waals surface area (Å²) in [6.07, 6.45) is 5.61. The molecule has 0 bridgehead atoms. The van der Waals surface area contributed by atoms with Crippen LogP contribution in [-0.4, -0.2) is 37.4 Å². The minimum atomic E-state index is -0.384. The van der Waals surface area contributed by atoms with Gasteiger partial charge in [-0.2, -0.15) is 0 Å². The molecule has 2 aromatic carbocycles. The summed E-state index contributed by atoms with van der Waals surface area (Å²) >= 11 is 0. The summed E-state index contributed by atoms with van der Waals surface area (Å²) in [7, 11) is 3.35. The quantitative estimate of drug-likeness (QED) is 0.746. The van der Waals surface area contributed by atoms with E-state index in [0.29, 0.717) is 12.5 Å². The van der Waals surface area contributed by atoms with Gasteiger partial charge >= 0.3 is 0 Å². The second kappa shape index (κ2) is 9.71. The Kier molecular flexibility index (Phi) is 6.80. The first kappa shape index (κ1) is 21.0. The molecule has 1 atom stereocenters. The number of methoxy groups -OCH3 is 2. The molecule has 2 aliphatic rings. The van der Waals surface area contributed by atoms with Crippen LogP contribution in [0.4, 0.5) is 0 Å². The molecule has 4 rings (SSSR count). The van der Waals surface area contributed by atoms with E-state index in [0.717, 1.165) is 66.4 Å². The number of aliphatic hydroxyl groups is 1. The zero-order valence-corrected chi connectivity index (χ0v) is 18.1. The van der Waals surface area contributed by atoms with Crippen LogP contribution >= 0.6 is 0 Å². The molecule has 0 saturated heterocycles. The number of para-hydroxylation sites is 1. The molecule has 1 heterocycles. The predicted octanol–water partition coefficient (Wildman–Crippen LogP) is 4.71. The first-order valence-electron chi connectivity index (χ1n) is 11.1. The minimum absolute atomic E-state index is 0.376. The molecular weight excluding hydrogens is 378 g/mol. The molecule has 1 N–H and O–H groups in total. The average molecular weight is 412 g/mol. The lowest BCUT2D eigenvalue weighted by Crippen LogP contribution is -2.25. The summed E-state index contributed by atoms with van der Waals surface area (Å²) in [5.41, 5.74) is 3.26. The van der Waals surface area contributed by atoms with E-state index in [1.165, 1.54) is 19.3 Å². The summed E-state index contributed by atoms with van der Waals surface area (Å²) in [4.78, 5) is 2.36. The fourth-order valence-corrected chi connectivity index (χ4v) is 4.83. The highest BCUT2D eigenvalue weighted by molar-refractivity contribution is 5.46. The van der Waals surface area contributed by atoms with E-state index in [-0.39, 0.29) is 6.10 Å². The van der Waals surface area contributed by atoms with Crippen LogP contribution in [0.2, 0.25) is 0 Å².